The van der Waals surface area contributed by atoms with Crippen LogP contribution in [0.15, 0.2) is 53.7 Å². The molecule has 0 amide bonds. The van der Waals surface area contributed by atoms with Gasteiger partial charge in [0, 0.05) is 17.8 Å². The number of aliphatic imine (C=N–C) groups is 1. The maximum absolute atomic E-state index is 5.84. The Balaban J connectivity index is 0.00000288. The van der Waals surface area contributed by atoms with Gasteiger partial charge >= 0.3 is 0 Å². The smallest absolute Gasteiger partial charge is 0.191 e. The van der Waals surface area contributed by atoms with Crippen molar-refractivity contribution in [3.8, 4) is 5.75 Å². The Morgan fingerprint density at radius 2 is 1.96 bits per heavy atom. The Morgan fingerprint density at radius 3 is 2.62 bits per heavy atom. The van der Waals surface area contributed by atoms with Crippen molar-refractivity contribution in [1.29, 1.82) is 0 Å². The monoisotopic (exact) mass is 460 g/mol. The summed E-state index contributed by atoms with van der Waals surface area (Å²) in [7, 11) is 0. The van der Waals surface area contributed by atoms with Crippen molar-refractivity contribution in [1.82, 2.24) is 15.6 Å². The van der Waals surface area contributed by atoms with E-state index in [0.717, 1.165) is 23.9 Å². The number of nitrogens with one attached hydrogen (secondary N) is 2. The predicted octanol–water partition coefficient (Wildman–Crippen LogP) is 3.49. The lowest BCUT2D eigenvalue weighted by atomic mass is 10.3. The molecule has 0 aliphatic carbocycles. The van der Waals surface area contributed by atoms with Gasteiger partial charge in [-0.25, -0.2) is 4.99 Å². The summed E-state index contributed by atoms with van der Waals surface area (Å²) < 4.78 is 5.64. The summed E-state index contributed by atoms with van der Waals surface area (Å²) >= 11 is 5.84. The predicted molar refractivity (Wildman–Crippen MR) is 109 cm³/mol. The summed E-state index contributed by atoms with van der Waals surface area (Å²) in [4.78, 5) is 8.75. The van der Waals surface area contributed by atoms with Crippen LogP contribution in [-0.2, 0) is 6.54 Å². The third kappa shape index (κ3) is 7.83. The molecule has 24 heavy (non-hydrogen) atoms. The van der Waals surface area contributed by atoms with E-state index < -0.39 is 0 Å². The number of ether oxygens (including phenoxy) is 1. The van der Waals surface area contributed by atoms with E-state index in [1.165, 1.54) is 0 Å². The number of rotatable bonds is 7. The third-order valence-corrected chi connectivity index (χ3v) is 3.20. The first-order valence-electron chi connectivity index (χ1n) is 7.58. The summed E-state index contributed by atoms with van der Waals surface area (Å²) in [6.45, 7) is 4.55. The minimum atomic E-state index is 0. The third-order valence-electron chi connectivity index (χ3n) is 2.95. The van der Waals surface area contributed by atoms with Crippen LogP contribution in [0.1, 0.15) is 12.6 Å². The molecule has 1 heterocycles. The van der Waals surface area contributed by atoms with Gasteiger partial charge in [0.05, 0.1) is 18.8 Å². The van der Waals surface area contributed by atoms with Gasteiger partial charge in [-0.15, -0.1) is 24.0 Å². The fourth-order valence-corrected chi connectivity index (χ4v) is 1.99. The number of guanidine groups is 1. The number of hydrogen-bond donors (Lipinski definition) is 2. The molecule has 2 rings (SSSR count). The Morgan fingerprint density at radius 1 is 1.17 bits per heavy atom. The number of nitrogens with zero attached hydrogens (tertiary/aromatic N) is 2. The topological polar surface area (TPSA) is 58.5 Å². The number of benzene rings is 1. The van der Waals surface area contributed by atoms with Crippen LogP contribution in [0, 0.1) is 0 Å². The first-order chi connectivity index (χ1) is 11.3. The van der Waals surface area contributed by atoms with Crippen molar-refractivity contribution in [2.24, 2.45) is 4.99 Å². The average Bonchev–Trinajstić information content (AvgIpc) is 2.59. The van der Waals surface area contributed by atoms with Gasteiger partial charge in [-0.05, 0) is 43.3 Å². The lowest BCUT2D eigenvalue weighted by Crippen LogP contribution is -2.39. The second-order valence-electron chi connectivity index (χ2n) is 4.75. The van der Waals surface area contributed by atoms with E-state index >= 15 is 0 Å². The van der Waals surface area contributed by atoms with E-state index in [2.05, 4.69) is 20.6 Å². The van der Waals surface area contributed by atoms with Gasteiger partial charge < -0.3 is 15.4 Å². The highest BCUT2D eigenvalue weighted by Crippen LogP contribution is 2.15. The molecule has 0 unspecified atom stereocenters. The van der Waals surface area contributed by atoms with Gasteiger partial charge in [-0.3, -0.25) is 4.98 Å². The Labute approximate surface area is 164 Å². The van der Waals surface area contributed by atoms with Gasteiger partial charge in [0.25, 0.3) is 0 Å². The van der Waals surface area contributed by atoms with Crippen LogP contribution < -0.4 is 15.4 Å². The van der Waals surface area contributed by atoms with Gasteiger partial charge in [0.1, 0.15) is 12.4 Å². The maximum atomic E-state index is 5.84. The van der Waals surface area contributed by atoms with Crippen molar-refractivity contribution in [2.45, 2.75) is 13.5 Å². The van der Waals surface area contributed by atoms with Crippen molar-refractivity contribution in [2.75, 3.05) is 19.7 Å². The zero-order valence-corrected chi connectivity index (χ0v) is 16.6. The van der Waals surface area contributed by atoms with Crippen LogP contribution in [0.5, 0.6) is 5.75 Å². The highest BCUT2D eigenvalue weighted by molar-refractivity contribution is 14.0. The molecular weight excluding hydrogens is 439 g/mol. The SMILES string of the molecule is CCNC(=NCc1ccccn1)NCCOc1ccc(Cl)cc1.I. The lowest BCUT2D eigenvalue weighted by molar-refractivity contribution is 0.322. The van der Waals surface area contributed by atoms with Gasteiger partial charge in [0.2, 0.25) is 0 Å². The van der Waals surface area contributed by atoms with Crippen molar-refractivity contribution in [3.05, 3.63) is 59.4 Å². The van der Waals surface area contributed by atoms with Crippen molar-refractivity contribution in [3.63, 3.8) is 0 Å². The summed E-state index contributed by atoms with van der Waals surface area (Å²) in [5.41, 5.74) is 0.933. The van der Waals surface area contributed by atoms with Crippen LogP contribution in [0.3, 0.4) is 0 Å². The molecule has 0 spiro atoms. The van der Waals surface area contributed by atoms with Crippen LogP contribution in [0.4, 0.5) is 0 Å². The number of aromatic nitrogens is 1. The molecule has 2 aromatic rings. The molecule has 7 heteroatoms. The first kappa shape index (κ1) is 20.5. The second kappa shape index (κ2) is 11.9. The van der Waals surface area contributed by atoms with E-state index in [0.29, 0.717) is 24.7 Å². The highest BCUT2D eigenvalue weighted by atomic mass is 127. The van der Waals surface area contributed by atoms with Gasteiger partial charge in [-0.1, -0.05) is 17.7 Å². The molecule has 0 atom stereocenters. The number of pyridine rings is 1. The zero-order valence-electron chi connectivity index (χ0n) is 13.5. The maximum Gasteiger partial charge on any atom is 0.191 e. The Hall–Kier alpha value is -1.54. The first-order valence-corrected chi connectivity index (χ1v) is 7.96. The molecule has 5 nitrogen and oxygen atoms in total. The second-order valence-corrected chi connectivity index (χ2v) is 5.18. The quantitative estimate of drug-likeness (QED) is 0.287. The minimum absolute atomic E-state index is 0. The van der Waals surface area contributed by atoms with Crippen LogP contribution in [0.2, 0.25) is 5.02 Å². The molecule has 0 bridgehead atoms. The highest BCUT2D eigenvalue weighted by Gasteiger charge is 1.99. The summed E-state index contributed by atoms with van der Waals surface area (Å²) in [5.74, 6) is 1.55. The Bertz CT molecular complexity index is 608. The van der Waals surface area contributed by atoms with Crippen molar-refractivity contribution < 1.29 is 4.74 Å². The van der Waals surface area contributed by atoms with E-state index in [9.17, 15) is 0 Å². The fourth-order valence-electron chi connectivity index (χ4n) is 1.86. The Kier molecular flexibility index (Phi) is 10.2. The van der Waals surface area contributed by atoms with Crippen molar-refractivity contribution >= 4 is 41.5 Å². The largest absolute Gasteiger partial charge is 0.492 e. The van der Waals surface area contributed by atoms with Crippen LogP contribution in [0.25, 0.3) is 0 Å². The molecule has 1 aromatic carbocycles. The number of hydrogen-bond acceptors (Lipinski definition) is 3. The minimum Gasteiger partial charge on any atom is -0.492 e. The van der Waals surface area contributed by atoms with E-state index in [1.807, 2.05) is 49.4 Å². The van der Waals surface area contributed by atoms with E-state index in [-0.39, 0.29) is 24.0 Å². The molecule has 0 fully saturated rings. The molecule has 1 aromatic heterocycles. The summed E-state index contributed by atoms with van der Waals surface area (Å²) in [5, 5.41) is 7.13. The normalized spacial score (nSPS) is 10.7. The summed E-state index contributed by atoms with van der Waals surface area (Å²) in [6, 6.07) is 13.1. The molecular formula is C17H22ClIN4O. The van der Waals surface area contributed by atoms with Crippen LogP contribution >= 0.6 is 35.6 Å². The van der Waals surface area contributed by atoms with Crippen LogP contribution in [-0.4, -0.2) is 30.6 Å². The molecule has 2 N–H and O–H groups in total. The summed E-state index contributed by atoms with van der Waals surface area (Å²) in [6.07, 6.45) is 1.77. The molecule has 0 aliphatic rings. The average molecular weight is 461 g/mol. The standard InChI is InChI=1S/C17H21ClN4O.HI/c1-2-19-17(22-13-15-5-3-4-10-20-15)21-11-12-23-16-8-6-14(18)7-9-16;/h3-10H,2,11-13H2,1H3,(H2,19,21,22);1H. The zero-order chi connectivity index (χ0) is 16.3. The fraction of sp³-hybridized carbons (Fsp3) is 0.294. The molecule has 0 aliphatic heterocycles. The molecule has 130 valence electrons. The van der Waals surface area contributed by atoms with E-state index in [1.54, 1.807) is 6.20 Å². The molecule has 0 saturated heterocycles. The molecule has 0 saturated carbocycles. The number of halogens is 2. The lowest BCUT2D eigenvalue weighted by Gasteiger charge is -2.12. The molecule has 0 radical (unpaired) electrons. The van der Waals surface area contributed by atoms with E-state index in [4.69, 9.17) is 16.3 Å². The van der Waals surface area contributed by atoms with Gasteiger partial charge in [-0.2, -0.15) is 0 Å². The van der Waals surface area contributed by atoms with Gasteiger partial charge in [0.15, 0.2) is 5.96 Å².